The van der Waals surface area contributed by atoms with E-state index in [9.17, 15) is 4.79 Å². The Kier molecular flexibility index (Phi) is 5.69. The Labute approximate surface area is 92.1 Å². The maximum atomic E-state index is 10.9. The lowest BCUT2D eigenvalue weighted by Crippen LogP contribution is -2.35. The van der Waals surface area contributed by atoms with Crippen molar-refractivity contribution in [2.24, 2.45) is 5.92 Å². The van der Waals surface area contributed by atoms with Crippen LogP contribution in [0.2, 0.25) is 0 Å². The molecule has 0 aliphatic carbocycles. The normalized spacial score (nSPS) is 26.3. The summed E-state index contributed by atoms with van der Waals surface area (Å²) < 4.78 is 10.7. The summed E-state index contributed by atoms with van der Waals surface area (Å²) in [7, 11) is 0. The van der Waals surface area contributed by atoms with Gasteiger partial charge in [-0.25, -0.2) is 0 Å². The predicted molar refractivity (Wildman–Crippen MR) is 58.6 cm³/mol. The van der Waals surface area contributed by atoms with Crippen LogP contribution in [0.3, 0.4) is 0 Å². The molecule has 1 rings (SSSR count). The van der Waals surface area contributed by atoms with Crippen LogP contribution in [0.25, 0.3) is 0 Å². The van der Waals surface area contributed by atoms with Crippen LogP contribution in [0.4, 0.5) is 0 Å². The molecule has 1 aliphatic rings. The molecule has 3 nitrogen and oxygen atoms in total. The summed E-state index contributed by atoms with van der Waals surface area (Å²) in [4.78, 5) is 10.9. The summed E-state index contributed by atoms with van der Waals surface area (Å²) >= 11 is 0. The lowest BCUT2D eigenvalue weighted by Gasteiger charge is -2.30. The number of hydrogen-bond acceptors (Lipinski definition) is 3. The van der Waals surface area contributed by atoms with Crippen LogP contribution in [0.15, 0.2) is 0 Å². The van der Waals surface area contributed by atoms with E-state index < -0.39 is 0 Å². The monoisotopic (exact) mass is 214 g/mol. The van der Waals surface area contributed by atoms with Crippen LogP contribution in [-0.4, -0.2) is 25.3 Å². The average molecular weight is 214 g/mol. The molecule has 15 heavy (non-hydrogen) atoms. The van der Waals surface area contributed by atoms with Gasteiger partial charge in [-0.1, -0.05) is 26.2 Å². The number of hydrogen-bond donors (Lipinski definition) is 0. The van der Waals surface area contributed by atoms with Crippen LogP contribution < -0.4 is 0 Å². The van der Waals surface area contributed by atoms with E-state index in [1.807, 2.05) is 0 Å². The zero-order chi connectivity index (χ0) is 11.1. The largest absolute Gasteiger partial charge is 0.462 e. The fraction of sp³-hybridized carbons (Fsp3) is 0.917. The van der Waals surface area contributed by atoms with Gasteiger partial charge in [0, 0.05) is 19.3 Å². The maximum absolute atomic E-state index is 10.9. The molecule has 0 spiro atoms. The molecule has 88 valence electrons. The van der Waals surface area contributed by atoms with Gasteiger partial charge in [0.2, 0.25) is 0 Å². The van der Waals surface area contributed by atoms with E-state index in [0.29, 0.717) is 5.92 Å². The van der Waals surface area contributed by atoms with E-state index in [4.69, 9.17) is 9.47 Å². The summed E-state index contributed by atoms with van der Waals surface area (Å²) in [6.45, 7) is 5.16. The molecule has 1 heterocycles. The van der Waals surface area contributed by atoms with E-state index in [1.165, 1.54) is 26.2 Å². The zero-order valence-corrected chi connectivity index (χ0v) is 9.83. The van der Waals surface area contributed by atoms with Crippen molar-refractivity contribution in [1.82, 2.24) is 0 Å². The Morgan fingerprint density at radius 3 is 2.93 bits per heavy atom. The third-order valence-electron chi connectivity index (χ3n) is 2.90. The van der Waals surface area contributed by atoms with Gasteiger partial charge in [-0.15, -0.1) is 0 Å². The molecule has 0 aromatic heterocycles. The highest BCUT2D eigenvalue weighted by molar-refractivity contribution is 5.66. The van der Waals surface area contributed by atoms with Crippen molar-refractivity contribution in [2.75, 3.05) is 13.2 Å². The maximum Gasteiger partial charge on any atom is 0.302 e. The fourth-order valence-corrected chi connectivity index (χ4v) is 2.07. The van der Waals surface area contributed by atoms with E-state index in [-0.39, 0.29) is 12.1 Å². The smallest absolute Gasteiger partial charge is 0.302 e. The highest BCUT2D eigenvalue weighted by atomic mass is 16.6. The number of carbonyl (C=O) groups is 1. The molecule has 0 aromatic carbocycles. The van der Waals surface area contributed by atoms with Gasteiger partial charge in [-0.3, -0.25) is 4.79 Å². The Morgan fingerprint density at radius 2 is 2.27 bits per heavy atom. The molecule has 1 saturated heterocycles. The van der Waals surface area contributed by atoms with Gasteiger partial charge >= 0.3 is 5.97 Å². The summed E-state index contributed by atoms with van der Waals surface area (Å²) in [5.41, 5.74) is 0. The number of unbranched alkanes of at least 4 members (excludes halogenated alkanes) is 2. The lowest BCUT2D eigenvalue weighted by atomic mass is 9.92. The molecule has 0 saturated carbocycles. The minimum atomic E-state index is -0.164. The van der Waals surface area contributed by atoms with Crippen molar-refractivity contribution in [3.8, 4) is 0 Å². The van der Waals surface area contributed by atoms with Gasteiger partial charge < -0.3 is 9.47 Å². The molecule has 0 bridgehead atoms. The zero-order valence-electron chi connectivity index (χ0n) is 9.83. The van der Waals surface area contributed by atoms with Crippen molar-refractivity contribution in [2.45, 2.75) is 52.1 Å². The minimum Gasteiger partial charge on any atom is -0.462 e. The topological polar surface area (TPSA) is 35.5 Å². The van der Waals surface area contributed by atoms with Crippen molar-refractivity contribution >= 4 is 5.97 Å². The molecule has 0 amide bonds. The highest BCUT2D eigenvalue weighted by Crippen LogP contribution is 2.23. The molecule has 0 aromatic rings. The Hall–Kier alpha value is -0.570. The van der Waals surface area contributed by atoms with Crippen molar-refractivity contribution < 1.29 is 14.3 Å². The van der Waals surface area contributed by atoms with Crippen molar-refractivity contribution in [1.29, 1.82) is 0 Å². The van der Waals surface area contributed by atoms with E-state index in [1.54, 1.807) is 0 Å². The molecule has 1 fully saturated rings. The van der Waals surface area contributed by atoms with E-state index in [0.717, 1.165) is 26.1 Å². The molecule has 1 aliphatic heterocycles. The first-order chi connectivity index (χ1) is 7.24. The highest BCUT2D eigenvalue weighted by Gasteiger charge is 2.27. The summed E-state index contributed by atoms with van der Waals surface area (Å²) in [6.07, 6.45) is 5.76. The Balaban J connectivity index is 2.32. The SMILES string of the molecule is CCCCCC1COCCC1OC(C)=O. The first kappa shape index (κ1) is 12.5. The van der Waals surface area contributed by atoms with Gasteiger partial charge in [-0.05, 0) is 6.42 Å². The molecule has 3 heteroatoms. The first-order valence-electron chi connectivity index (χ1n) is 5.99. The average Bonchev–Trinajstić information content (AvgIpc) is 2.20. The van der Waals surface area contributed by atoms with Crippen molar-refractivity contribution in [3.63, 3.8) is 0 Å². The van der Waals surface area contributed by atoms with Crippen LogP contribution in [0, 0.1) is 5.92 Å². The van der Waals surface area contributed by atoms with E-state index >= 15 is 0 Å². The molecule has 0 radical (unpaired) electrons. The number of ether oxygens (including phenoxy) is 2. The lowest BCUT2D eigenvalue weighted by molar-refractivity contribution is -0.156. The molecule has 2 unspecified atom stereocenters. The summed E-state index contributed by atoms with van der Waals surface area (Å²) in [5.74, 6) is 0.247. The van der Waals surface area contributed by atoms with Gasteiger partial charge in [0.05, 0.1) is 13.2 Å². The number of carbonyl (C=O) groups excluding carboxylic acids is 1. The van der Waals surface area contributed by atoms with Crippen LogP contribution >= 0.6 is 0 Å². The second kappa shape index (κ2) is 6.83. The van der Waals surface area contributed by atoms with Gasteiger partial charge in [0.25, 0.3) is 0 Å². The van der Waals surface area contributed by atoms with E-state index in [2.05, 4.69) is 6.92 Å². The minimum absolute atomic E-state index is 0.0908. The standard InChI is InChI=1S/C12H22O3/c1-3-4-5-6-11-9-14-8-7-12(11)15-10(2)13/h11-12H,3-9H2,1-2H3. The molecular weight excluding hydrogens is 192 g/mol. The van der Waals surface area contributed by atoms with Crippen LogP contribution in [0.1, 0.15) is 46.0 Å². The third kappa shape index (κ3) is 4.65. The fourth-order valence-electron chi connectivity index (χ4n) is 2.07. The summed E-state index contributed by atoms with van der Waals surface area (Å²) in [5, 5.41) is 0. The Bertz CT molecular complexity index is 191. The second-order valence-corrected chi connectivity index (χ2v) is 4.27. The van der Waals surface area contributed by atoms with Crippen LogP contribution in [0.5, 0.6) is 0 Å². The quantitative estimate of drug-likeness (QED) is 0.521. The first-order valence-corrected chi connectivity index (χ1v) is 5.99. The van der Waals surface area contributed by atoms with Gasteiger partial charge in [0.1, 0.15) is 6.10 Å². The second-order valence-electron chi connectivity index (χ2n) is 4.27. The van der Waals surface area contributed by atoms with Gasteiger partial charge in [-0.2, -0.15) is 0 Å². The summed E-state index contributed by atoms with van der Waals surface area (Å²) in [6, 6.07) is 0. The number of esters is 1. The molecule has 2 atom stereocenters. The Morgan fingerprint density at radius 1 is 1.47 bits per heavy atom. The van der Waals surface area contributed by atoms with Crippen molar-refractivity contribution in [3.05, 3.63) is 0 Å². The van der Waals surface area contributed by atoms with Gasteiger partial charge in [0.15, 0.2) is 0 Å². The van der Waals surface area contributed by atoms with Crippen LogP contribution in [-0.2, 0) is 14.3 Å². The third-order valence-corrected chi connectivity index (χ3v) is 2.90. The molecular formula is C12H22O3. The number of rotatable bonds is 5. The predicted octanol–water partition coefficient (Wildman–Crippen LogP) is 2.53. The molecule has 0 N–H and O–H groups in total.